The van der Waals surface area contributed by atoms with E-state index in [1.165, 1.54) is 11.3 Å². The van der Waals surface area contributed by atoms with Crippen LogP contribution in [0.2, 0.25) is 0 Å². The lowest BCUT2D eigenvalue weighted by Crippen LogP contribution is -2.47. The fourth-order valence-electron chi connectivity index (χ4n) is 2.04. The first kappa shape index (κ1) is 20.9. The van der Waals surface area contributed by atoms with Gasteiger partial charge in [-0.15, -0.1) is 0 Å². The summed E-state index contributed by atoms with van der Waals surface area (Å²) >= 11 is 4.77. The molecule has 0 aliphatic carbocycles. The van der Waals surface area contributed by atoms with Gasteiger partial charge in [0.15, 0.2) is 6.10 Å². The maximum absolute atomic E-state index is 12.0. The van der Waals surface area contributed by atoms with Crippen LogP contribution in [0.25, 0.3) is 0 Å². The molecule has 3 N–H and O–H groups in total. The number of thiophene rings is 1. The van der Waals surface area contributed by atoms with Crippen LogP contribution in [0, 0.1) is 0 Å². The van der Waals surface area contributed by atoms with E-state index in [4.69, 9.17) is 4.74 Å². The number of halogens is 1. The molecular formula is C18H20BrN3O4S. The highest BCUT2D eigenvalue weighted by atomic mass is 79.9. The first-order valence-corrected chi connectivity index (χ1v) is 10.0. The number of hydrazine groups is 1. The van der Waals surface area contributed by atoms with Gasteiger partial charge in [0.1, 0.15) is 5.75 Å². The van der Waals surface area contributed by atoms with Crippen molar-refractivity contribution in [1.29, 1.82) is 0 Å². The molecule has 144 valence electrons. The molecule has 2 aromatic rings. The molecule has 0 fully saturated rings. The molecule has 27 heavy (non-hydrogen) atoms. The molecule has 1 aromatic carbocycles. The standard InChI is InChI=1S/C18H20BrN3O4S/c1-12(26-15-5-2-4-14(19)10-15)17(24)22-21-16(23)6-3-8-20-18(25)13-7-9-27-11-13/h2,4-5,7,9-12H,3,6,8H2,1H3,(H,20,25)(H,21,23)(H,22,24)/t12-/m0/s1. The van der Waals surface area contributed by atoms with Crippen LogP contribution < -0.4 is 20.9 Å². The summed E-state index contributed by atoms with van der Waals surface area (Å²) in [7, 11) is 0. The maximum atomic E-state index is 12.0. The van der Waals surface area contributed by atoms with Gasteiger partial charge in [-0.3, -0.25) is 25.2 Å². The zero-order valence-corrected chi connectivity index (χ0v) is 17.1. The van der Waals surface area contributed by atoms with Crippen LogP contribution in [0.3, 0.4) is 0 Å². The van der Waals surface area contributed by atoms with Gasteiger partial charge in [0.2, 0.25) is 5.91 Å². The van der Waals surface area contributed by atoms with Crippen molar-refractivity contribution in [3.8, 4) is 5.75 Å². The molecule has 0 saturated carbocycles. The number of amides is 3. The van der Waals surface area contributed by atoms with Gasteiger partial charge in [0.05, 0.1) is 0 Å². The monoisotopic (exact) mass is 453 g/mol. The number of carbonyl (C=O) groups is 3. The summed E-state index contributed by atoms with van der Waals surface area (Å²) in [5, 5.41) is 6.32. The zero-order chi connectivity index (χ0) is 19.6. The van der Waals surface area contributed by atoms with Gasteiger partial charge in [-0.1, -0.05) is 22.0 Å². The summed E-state index contributed by atoms with van der Waals surface area (Å²) in [6, 6.07) is 8.85. The predicted octanol–water partition coefficient (Wildman–Crippen LogP) is 2.64. The van der Waals surface area contributed by atoms with Crippen molar-refractivity contribution in [2.45, 2.75) is 25.9 Å². The quantitative estimate of drug-likeness (QED) is 0.422. The lowest BCUT2D eigenvalue weighted by Gasteiger charge is -2.15. The number of hydrogen-bond acceptors (Lipinski definition) is 5. The summed E-state index contributed by atoms with van der Waals surface area (Å²) in [6.07, 6.45) is -0.142. The van der Waals surface area contributed by atoms with Crippen LogP contribution in [0.1, 0.15) is 30.1 Å². The van der Waals surface area contributed by atoms with E-state index in [-0.39, 0.29) is 18.2 Å². The Morgan fingerprint density at radius 3 is 2.74 bits per heavy atom. The molecule has 2 rings (SSSR count). The van der Waals surface area contributed by atoms with Crippen molar-refractivity contribution in [1.82, 2.24) is 16.2 Å². The van der Waals surface area contributed by atoms with E-state index in [1.807, 2.05) is 11.4 Å². The third-order valence-electron chi connectivity index (χ3n) is 3.45. The lowest BCUT2D eigenvalue weighted by molar-refractivity contribution is -0.132. The molecule has 0 spiro atoms. The number of benzene rings is 1. The minimum Gasteiger partial charge on any atom is -0.481 e. The van der Waals surface area contributed by atoms with Gasteiger partial charge in [0.25, 0.3) is 11.8 Å². The summed E-state index contributed by atoms with van der Waals surface area (Å²) in [5.74, 6) is -0.430. The van der Waals surface area contributed by atoms with Crippen LogP contribution >= 0.6 is 27.3 Å². The van der Waals surface area contributed by atoms with E-state index in [1.54, 1.807) is 36.6 Å². The van der Waals surface area contributed by atoms with Gasteiger partial charge in [0, 0.05) is 28.4 Å². The Balaban J connectivity index is 1.61. The highest BCUT2D eigenvalue weighted by Gasteiger charge is 2.15. The molecule has 0 saturated heterocycles. The molecule has 1 heterocycles. The first-order chi connectivity index (χ1) is 13.0. The van der Waals surface area contributed by atoms with Crippen molar-refractivity contribution in [3.05, 3.63) is 51.1 Å². The Labute approximate surface area is 169 Å². The number of carbonyl (C=O) groups excluding carboxylic acids is 3. The number of hydrogen-bond donors (Lipinski definition) is 3. The van der Waals surface area contributed by atoms with E-state index in [0.717, 1.165) is 4.47 Å². The molecule has 0 bridgehead atoms. The molecule has 3 amide bonds. The van der Waals surface area contributed by atoms with Crippen LogP contribution in [-0.4, -0.2) is 30.4 Å². The van der Waals surface area contributed by atoms with Crippen molar-refractivity contribution in [3.63, 3.8) is 0 Å². The van der Waals surface area contributed by atoms with Gasteiger partial charge in [-0.05, 0) is 43.0 Å². The molecule has 1 atom stereocenters. The fourth-order valence-corrected chi connectivity index (χ4v) is 3.05. The first-order valence-electron chi connectivity index (χ1n) is 8.27. The minimum atomic E-state index is -0.774. The molecular weight excluding hydrogens is 434 g/mol. The SMILES string of the molecule is C[C@H](Oc1cccc(Br)c1)C(=O)NNC(=O)CCCNC(=O)c1ccsc1. The third-order valence-corrected chi connectivity index (χ3v) is 4.63. The van der Waals surface area contributed by atoms with E-state index >= 15 is 0 Å². The second-order valence-electron chi connectivity index (χ2n) is 5.63. The maximum Gasteiger partial charge on any atom is 0.279 e. The van der Waals surface area contributed by atoms with E-state index in [9.17, 15) is 14.4 Å². The Bertz CT molecular complexity index is 783. The molecule has 7 nitrogen and oxygen atoms in total. The molecule has 0 unspecified atom stereocenters. The summed E-state index contributed by atoms with van der Waals surface area (Å²) < 4.78 is 6.35. The van der Waals surface area contributed by atoms with Crippen molar-refractivity contribution >= 4 is 45.0 Å². The Morgan fingerprint density at radius 2 is 2.04 bits per heavy atom. The highest BCUT2D eigenvalue weighted by molar-refractivity contribution is 9.10. The Hall–Kier alpha value is -2.39. The van der Waals surface area contributed by atoms with Gasteiger partial charge in [-0.25, -0.2) is 0 Å². The summed E-state index contributed by atoms with van der Waals surface area (Å²) in [6.45, 7) is 1.96. The molecule has 0 aliphatic heterocycles. The second kappa shape index (κ2) is 10.7. The highest BCUT2D eigenvalue weighted by Crippen LogP contribution is 2.18. The largest absolute Gasteiger partial charge is 0.481 e. The van der Waals surface area contributed by atoms with Crippen LogP contribution in [-0.2, 0) is 9.59 Å². The second-order valence-corrected chi connectivity index (χ2v) is 7.32. The number of rotatable bonds is 8. The average Bonchev–Trinajstić information content (AvgIpc) is 3.18. The van der Waals surface area contributed by atoms with E-state index in [0.29, 0.717) is 24.3 Å². The van der Waals surface area contributed by atoms with Gasteiger partial charge in [-0.2, -0.15) is 11.3 Å². The summed E-state index contributed by atoms with van der Waals surface area (Å²) in [5.41, 5.74) is 5.27. The van der Waals surface area contributed by atoms with Crippen LogP contribution in [0.4, 0.5) is 0 Å². The van der Waals surface area contributed by atoms with Crippen molar-refractivity contribution < 1.29 is 19.1 Å². The van der Waals surface area contributed by atoms with Gasteiger partial charge < -0.3 is 10.1 Å². The predicted molar refractivity (Wildman–Crippen MR) is 106 cm³/mol. The zero-order valence-electron chi connectivity index (χ0n) is 14.7. The molecule has 0 radical (unpaired) electrons. The smallest absolute Gasteiger partial charge is 0.279 e. The van der Waals surface area contributed by atoms with Crippen molar-refractivity contribution in [2.75, 3.05) is 6.54 Å². The Morgan fingerprint density at radius 1 is 1.22 bits per heavy atom. The van der Waals surface area contributed by atoms with E-state index in [2.05, 4.69) is 32.1 Å². The van der Waals surface area contributed by atoms with Crippen molar-refractivity contribution in [2.24, 2.45) is 0 Å². The minimum absolute atomic E-state index is 0.163. The van der Waals surface area contributed by atoms with Crippen LogP contribution in [0.5, 0.6) is 5.75 Å². The lowest BCUT2D eigenvalue weighted by atomic mass is 10.2. The van der Waals surface area contributed by atoms with Crippen LogP contribution in [0.15, 0.2) is 45.6 Å². The summed E-state index contributed by atoms with van der Waals surface area (Å²) in [4.78, 5) is 35.5. The normalized spacial score (nSPS) is 11.3. The number of ether oxygens (including phenoxy) is 1. The topological polar surface area (TPSA) is 96.5 Å². The van der Waals surface area contributed by atoms with E-state index < -0.39 is 12.0 Å². The fraction of sp³-hybridized carbons (Fsp3) is 0.278. The molecule has 0 aliphatic rings. The Kier molecular flexibility index (Phi) is 8.28. The third kappa shape index (κ3) is 7.40. The molecule has 9 heteroatoms. The average molecular weight is 454 g/mol. The number of nitrogens with one attached hydrogen (secondary N) is 3. The molecule has 1 aromatic heterocycles. The van der Waals surface area contributed by atoms with Gasteiger partial charge >= 0.3 is 0 Å².